The molecule has 0 N–H and O–H groups in total. The summed E-state index contributed by atoms with van der Waals surface area (Å²) < 4.78 is 40.6. The summed E-state index contributed by atoms with van der Waals surface area (Å²) in [6, 6.07) is 85.1. The lowest BCUT2D eigenvalue weighted by Gasteiger charge is -2.23. The third kappa shape index (κ3) is 10.8. The summed E-state index contributed by atoms with van der Waals surface area (Å²) in [5.41, 5.74) is 7.80. The van der Waals surface area contributed by atoms with Gasteiger partial charge in [0.15, 0.2) is 0 Å². The molecule has 10 aromatic carbocycles. The average Bonchev–Trinajstić information content (AvgIpc) is 3.42. The van der Waals surface area contributed by atoms with Gasteiger partial charge in [0.25, 0.3) is 0 Å². The minimum atomic E-state index is -2.26. The molecule has 0 unspecified atom stereocenters. The second-order valence-corrected chi connectivity index (χ2v) is 17.8. The van der Waals surface area contributed by atoms with Crippen LogP contribution in [0.4, 0.5) is 0 Å². The molecule has 0 aliphatic carbocycles. The van der Waals surface area contributed by atoms with Gasteiger partial charge < -0.3 is 27.1 Å². The van der Waals surface area contributed by atoms with Gasteiger partial charge in [-0.3, -0.25) is 4.79 Å². The van der Waals surface area contributed by atoms with Gasteiger partial charge in [-0.05, 0) is 70.8 Å². The van der Waals surface area contributed by atoms with Gasteiger partial charge in [-0.15, -0.1) is 0 Å². The molecule has 0 saturated heterocycles. The van der Waals surface area contributed by atoms with E-state index in [1.165, 1.54) is 0 Å². The van der Waals surface area contributed by atoms with Crippen molar-refractivity contribution in [2.24, 2.45) is 0 Å². The van der Waals surface area contributed by atoms with E-state index in [9.17, 15) is 0 Å². The summed E-state index contributed by atoms with van der Waals surface area (Å²) in [5.74, 6) is 2.36. The van der Waals surface area contributed by atoms with Crippen molar-refractivity contribution in [3.05, 3.63) is 278 Å². The zero-order valence-corrected chi connectivity index (χ0v) is 39.4. The van der Waals surface area contributed by atoms with Crippen LogP contribution in [0.2, 0.25) is 0 Å². The maximum atomic E-state index is 15.1. The van der Waals surface area contributed by atoms with Gasteiger partial charge in [-0.2, -0.15) is 0 Å². The molecule has 9 heteroatoms. The van der Waals surface area contributed by atoms with Crippen molar-refractivity contribution in [2.75, 3.05) is 0 Å². The minimum absolute atomic E-state index is 0.256. The van der Waals surface area contributed by atoms with Crippen LogP contribution in [0.5, 0.6) is 34.5 Å². The predicted octanol–water partition coefficient (Wildman–Crippen LogP) is 17.1. The van der Waals surface area contributed by atoms with E-state index < -0.39 is 17.2 Å². The molecule has 70 heavy (non-hydrogen) atoms. The Morgan fingerprint density at radius 1 is 0.229 bits per heavy atom. The lowest BCUT2D eigenvalue weighted by molar-refractivity contribution is 0.103. The first-order chi connectivity index (χ1) is 34.6. The molecule has 0 aliphatic rings. The molecule has 0 spiro atoms. The molecular weight excluding hydrogens is 907 g/mol. The van der Waals surface area contributed by atoms with Crippen LogP contribution in [-0.2, 0) is 0 Å². The molecule has 0 saturated carbocycles. The van der Waals surface area contributed by atoms with Crippen LogP contribution in [0.3, 0.4) is 0 Å². The maximum Gasteiger partial charge on any atom is 0.530 e. The van der Waals surface area contributed by atoms with E-state index in [4.69, 9.17) is 27.1 Å². The summed E-state index contributed by atoms with van der Waals surface area (Å²) in [6.07, 6.45) is 0. The number of hydrogen-bond donors (Lipinski definition) is 0. The van der Waals surface area contributed by atoms with Gasteiger partial charge in [0, 0.05) is 22.3 Å². The Labute approximate surface area is 410 Å². The lowest BCUT2D eigenvalue weighted by Crippen LogP contribution is -2.10. The summed E-state index contributed by atoms with van der Waals surface area (Å²) >= 11 is 0. The molecule has 0 aliphatic heterocycles. The fourth-order valence-corrected chi connectivity index (χ4v) is 9.96. The third-order valence-corrected chi connectivity index (χ3v) is 13.3. The van der Waals surface area contributed by atoms with Crippen molar-refractivity contribution in [1.82, 2.24) is 0 Å². The van der Waals surface area contributed by atoms with Crippen molar-refractivity contribution < 1.29 is 31.9 Å². The van der Waals surface area contributed by atoms with Gasteiger partial charge in [0.05, 0.1) is 11.1 Å². The first kappa shape index (κ1) is 45.3. The molecule has 10 rings (SSSR count). The third-order valence-electron chi connectivity index (χ3n) is 11.2. The quantitative estimate of drug-likeness (QED) is 0.0627. The number of benzene rings is 10. The second-order valence-electron chi connectivity index (χ2n) is 15.8. The second kappa shape index (κ2) is 22.1. The van der Waals surface area contributed by atoms with Crippen molar-refractivity contribution >= 4 is 23.0 Å². The van der Waals surface area contributed by atoms with Crippen LogP contribution in [-0.4, -0.2) is 5.78 Å². The topological polar surface area (TPSA) is 72.5 Å². The number of carbonyl (C=O) groups is 1. The largest absolute Gasteiger partial charge is 0.530 e. The standard InChI is InChI=1S/C61H44O7P2/c62-61(53-37-17-23-43-59(53)67-69(63-55-39-19-13-33-49(55)45-25-5-1-6-26-45)64-56-40-20-14-34-50(56)46-27-7-2-8-28-46)54-38-18-24-44-60(54)68-70(65-57-41-21-15-35-51(57)47-29-9-3-10-30-47)66-58-42-22-16-36-52(58)48-31-11-4-12-32-48/h1-44H. The summed E-state index contributed by atoms with van der Waals surface area (Å²) in [4.78, 5) is 15.1. The SMILES string of the molecule is O=C(c1ccccc1OP(Oc1ccccc1-c1ccccc1)Oc1ccccc1-c1ccccc1)c1ccccc1OP(Oc1ccccc1-c1ccccc1)Oc1ccccc1-c1ccccc1. The molecule has 0 heterocycles. The molecule has 0 fully saturated rings. The van der Waals surface area contributed by atoms with E-state index in [1.807, 2.05) is 231 Å². The van der Waals surface area contributed by atoms with E-state index in [-0.39, 0.29) is 28.4 Å². The first-order valence-electron chi connectivity index (χ1n) is 22.6. The minimum Gasteiger partial charge on any atom is -0.408 e. The van der Waals surface area contributed by atoms with Gasteiger partial charge >= 0.3 is 17.2 Å². The summed E-state index contributed by atoms with van der Waals surface area (Å²) in [6.45, 7) is 0. The Morgan fingerprint density at radius 3 is 0.700 bits per heavy atom. The number of carbonyl (C=O) groups excluding carboxylic acids is 1. The smallest absolute Gasteiger partial charge is 0.408 e. The van der Waals surface area contributed by atoms with E-state index >= 15 is 4.79 Å². The Morgan fingerprint density at radius 2 is 0.429 bits per heavy atom. The first-order valence-corrected chi connectivity index (χ1v) is 24.8. The lowest BCUT2D eigenvalue weighted by atomic mass is 10.0. The molecule has 10 aromatic rings. The molecule has 340 valence electrons. The number of hydrogen-bond acceptors (Lipinski definition) is 7. The summed E-state index contributed by atoms with van der Waals surface area (Å²) in [5, 5.41) is 0. The van der Waals surface area contributed by atoms with E-state index in [0.717, 1.165) is 44.5 Å². The fourth-order valence-electron chi connectivity index (χ4n) is 7.82. The predicted molar refractivity (Wildman–Crippen MR) is 281 cm³/mol. The van der Waals surface area contributed by atoms with E-state index in [2.05, 4.69) is 0 Å². The van der Waals surface area contributed by atoms with Crippen LogP contribution < -0.4 is 27.1 Å². The van der Waals surface area contributed by atoms with Crippen LogP contribution in [0.15, 0.2) is 267 Å². The maximum absolute atomic E-state index is 15.1. The van der Waals surface area contributed by atoms with Gasteiger partial charge in [-0.1, -0.05) is 218 Å². The highest BCUT2D eigenvalue weighted by Crippen LogP contribution is 2.50. The Bertz CT molecular complexity index is 2930. The van der Waals surface area contributed by atoms with Crippen LogP contribution in [0, 0.1) is 0 Å². The Kier molecular flexibility index (Phi) is 14.3. The Hall–Kier alpha value is -8.47. The van der Waals surface area contributed by atoms with Crippen molar-refractivity contribution in [1.29, 1.82) is 0 Å². The van der Waals surface area contributed by atoms with Crippen LogP contribution >= 0.6 is 17.2 Å². The van der Waals surface area contributed by atoms with E-state index in [0.29, 0.717) is 23.0 Å². The van der Waals surface area contributed by atoms with Crippen LogP contribution in [0.1, 0.15) is 15.9 Å². The normalized spacial score (nSPS) is 10.9. The van der Waals surface area contributed by atoms with Crippen molar-refractivity contribution in [2.45, 2.75) is 0 Å². The van der Waals surface area contributed by atoms with Crippen molar-refractivity contribution in [3.63, 3.8) is 0 Å². The highest BCUT2D eigenvalue weighted by Gasteiger charge is 2.30. The summed E-state index contributed by atoms with van der Waals surface area (Å²) in [7, 11) is -4.51. The van der Waals surface area contributed by atoms with E-state index in [1.54, 1.807) is 36.4 Å². The highest BCUT2D eigenvalue weighted by molar-refractivity contribution is 7.43. The average molecular weight is 951 g/mol. The fraction of sp³-hybridized carbons (Fsp3) is 0. The zero-order valence-electron chi connectivity index (χ0n) is 37.7. The van der Waals surface area contributed by atoms with Gasteiger partial charge in [-0.25, -0.2) is 0 Å². The number of ketones is 1. The van der Waals surface area contributed by atoms with Gasteiger partial charge in [0.2, 0.25) is 5.78 Å². The number of para-hydroxylation sites is 6. The number of rotatable bonds is 18. The zero-order chi connectivity index (χ0) is 47.3. The molecule has 0 radical (unpaired) electrons. The molecule has 0 atom stereocenters. The monoisotopic (exact) mass is 950 g/mol. The Balaban J connectivity index is 1.00. The molecule has 7 nitrogen and oxygen atoms in total. The molecule has 0 aromatic heterocycles. The van der Waals surface area contributed by atoms with Crippen molar-refractivity contribution in [3.8, 4) is 79.0 Å². The molecule has 0 bridgehead atoms. The highest BCUT2D eigenvalue weighted by atomic mass is 31.2. The van der Waals surface area contributed by atoms with Gasteiger partial charge in [0.1, 0.15) is 34.5 Å². The molecule has 0 amide bonds. The molecular formula is C61H44O7P2. The van der Waals surface area contributed by atoms with Crippen LogP contribution in [0.25, 0.3) is 44.5 Å².